The first-order valence-corrected chi connectivity index (χ1v) is 5.79. The maximum Gasteiger partial charge on any atom is 0.319 e. The SMILES string of the molecule is CC(=O)c1cccc(NC(=O)NCCN(C)C)c1. The molecule has 1 aromatic rings. The maximum atomic E-state index is 11.5. The van der Waals surface area contributed by atoms with E-state index in [0.717, 1.165) is 6.54 Å². The van der Waals surface area contributed by atoms with Crippen molar-refractivity contribution >= 4 is 17.5 Å². The van der Waals surface area contributed by atoms with Gasteiger partial charge in [-0.1, -0.05) is 12.1 Å². The summed E-state index contributed by atoms with van der Waals surface area (Å²) in [4.78, 5) is 24.7. The zero-order valence-electron chi connectivity index (χ0n) is 11.0. The van der Waals surface area contributed by atoms with Crippen molar-refractivity contribution < 1.29 is 9.59 Å². The third kappa shape index (κ3) is 4.97. The van der Waals surface area contributed by atoms with Crippen LogP contribution in [0.15, 0.2) is 24.3 Å². The van der Waals surface area contributed by atoms with E-state index in [9.17, 15) is 9.59 Å². The standard InChI is InChI=1S/C13H19N3O2/c1-10(17)11-5-4-6-12(9-11)15-13(18)14-7-8-16(2)3/h4-6,9H,7-8H2,1-3H3,(H2,14,15,18). The number of likely N-dealkylation sites (N-methyl/N-ethyl adjacent to an activating group) is 1. The molecule has 0 unspecified atom stereocenters. The maximum absolute atomic E-state index is 11.5. The van der Waals surface area contributed by atoms with Gasteiger partial charge in [-0.2, -0.15) is 0 Å². The number of Topliss-reactive ketones (excluding diaryl/α,β-unsaturated/α-hetero) is 1. The van der Waals surface area contributed by atoms with Crippen molar-refractivity contribution in [3.05, 3.63) is 29.8 Å². The van der Waals surface area contributed by atoms with E-state index in [0.29, 0.717) is 17.8 Å². The molecule has 0 saturated carbocycles. The largest absolute Gasteiger partial charge is 0.337 e. The molecule has 2 N–H and O–H groups in total. The minimum atomic E-state index is -0.266. The monoisotopic (exact) mass is 249 g/mol. The lowest BCUT2D eigenvalue weighted by molar-refractivity contribution is 0.101. The van der Waals surface area contributed by atoms with E-state index < -0.39 is 0 Å². The molecule has 0 atom stereocenters. The van der Waals surface area contributed by atoms with E-state index in [2.05, 4.69) is 10.6 Å². The lowest BCUT2D eigenvalue weighted by Gasteiger charge is -2.11. The van der Waals surface area contributed by atoms with Crippen molar-refractivity contribution in [3.63, 3.8) is 0 Å². The molecule has 2 amide bonds. The number of nitrogens with zero attached hydrogens (tertiary/aromatic N) is 1. The highest BCUT2D eigenvalue weighted by molar-refractivity contribution is 5.96. The lowest BCUT2D eigenvalue weighted by atomic mass is 10.1. The first kappa shape index (κ1) is 14.2. The fourth-order valence-corrected chi connectivity index (χ4v) is 1.38. The summed E-state index contributed by atoms with van der Waals surface area (Å²) in [5.74, 6) is -0.0216. The minimum Gasteiger partial charge on any atom is -0.337 e. The molecule has 5 heteroatoms. The third-order valence-electron chi connectivity index (χ3n) is 2.37. The summed E-state index contributed by atoms with van der Waals surface area (Å²) in [5, 5.41) is 5.42. The highest BCUT2D eigenvalue weighted by Crippen LogP contribution is 2.10. The molecule has 1 rings (SSSR count). The molecule has 0 aliphatic carbocycles. The number of anilines is 1. The number of hydrogen-bond donors (Lipinski definition) is 2. The first-order chi connectivity index (χ1) is 8.49. The summed E-state index contributed by atoms with van der Waals surface area (Å²) in [6, 6.07) is 6.60. The number of urea groups is 1. The molecule has 0 aliphatic rings. The molecular weight excluding hydrogens is 230 g/mol. The van der Waals surface area contributed by atoms with Crippen molar-refractivity contribution in [2.24, 2.45) is 0 Å². The summed E-state index contributed by atoms with van der Waals surface area (Å²) >= 11 is 0. The van der Waals surface area contributed by atoms with Gasteiger partial charge >= 0.3 is 6.03 Å². The van der Waals surface area contributed by atoms with Crippen molar-refractivity contribution in [2.75, 3.05) is 32.5 Å². The second kappa shape index (κ2) is 6.76. The predicted molar refractivity (Wildman–Crippen MR) is 72.0 cm³/mol. The molecule has 0 bridgehead atoms. The number of rotatable bonds is 5. The second-order valence-electron chi connectivity index (χ2n) is 4.32. The normalized spacial score (nSPS) is 10.2. The van der Waals surface area contributed by atoms with E-state index in [1.807, 2.05) is 19.0 Å². The smallest absolute Gasteiger partial charge is 0.319 e. The van der Waals surface area contributed by atoms with Gasteiger partial charge in [0.05, 0.1) is 0 Å². The van der Waals surface area contributed by atoms with E-state index in [-0.39, 0.29) is 11.8 Å². The van der Waals surface area contributed by atoms with Crippen molar-refractivity contribution in [1.29, 1.82) is 0 Å². The average molecular weight is 249 g/mol. The molecule has 0 fully saturated rings. The molecule has 5 nitrogen and oxygen atoms in total. The second-order valence-corrected chi connectivity index (χ2v) is 4.32. The van der Waals surface area contributed by atoms with Crippen LogP contribution in [-0.2, 0) is 0 Å². The van der Waals surface area contributed by atoms with E-state index in [1.54, 1.807) is 24.3 Å². The van der Waals surface area contributed by atoms with Crippen LogP contribution in [0, 0.1) is 0 Å². The van der Waals surface area contributed by atoms with Gasteiger partial charge in [-0.3, -0.25) is 4.79 Å². The molecule has 0 saturated heterocycles. The van der Waals surface area contributed by atoms with Crippen LogP contribution in [0.25, 0.3) is 0 Å². The molecular formula is C13H19N3O2. The number of carbonyl (C=O) groups excluding carboxylic acids is 2. The van der Waals surface area contributed by atoms with E-state index >= 15 is 0 Å². The first-order valence-electron chi connectivity index (χ1n) is 5.79. The Morgan fingerprint density at radius 1 is 1.28 bits per heavy atom. The van der Waals surface area contributed by atoms with E-state index in [4.69, 9.17) is 0 Å². The van der Waals surface area contributed by atoms with Crippen LogP contribution in [0.1, 0.15) is 17.3 Å². The summed E-state index contributed by atoms with van der Waals surface area (Å²) in [6.45, 7) is 2.85. The topological polar surface area (TPSA) is 61.4 Å². The molecule has 0 heterocycles. The predicted octanol–water partition coefficient (Wildman–Crippen LogP) is 1.57. The summed E-state index contributed by atoms with van der Waals surface area (Å²) in [6.07, 6.45) is 0. The Labute approximate surface area is 107 Å². The van der Waals surface area contributed by atoms with Crippen LogP contribution in [0.2, 0.25) is 0 Å². The number of carbonyl (C=O) groups is 2. The van der Waals surface area contributed by atoms with Crippen LogP contribution in [0.4, 0.5) is 10.5 Å². The zero-order chi connectivity index (χ0) is 13.5. The fourth-order valence-electron chi connectivity index (χ4n) is 1.38. The van der Waals surface area contributed by atoms with Crippen molar-refractivity contribution in [1.82, 2.24) is 10.2 Å². The minimum absolute atomic E-state index is 0.0216. The van der Waals surface area contributed by atoms with Crippen molar-refractivity contribution in [3.8, 4) is 0 Å². The van der Waals surface area contributed by atoms with Crippen LogP contribution >= 0.6 is 0 Å². The van der Waals surface area contributed by atoms with E-state index in [1.165, 1.54) is 6.92 Å². The summed E-state index contributed by atoms with van der Waals surface area (Å²) < 4.78 is 0. The highest BCUT2D eigenvalue weighted by Gasteiger charge is 2.04. The third-order valence-corrected chi connectivity index (χ3v) is 2.37. The Hall–Kier alpha value is -1.88. The summed E-state index contributed by atoms with van der Waals surface area (Å²) in [7, 11) is 3.88. The Morgan fingerprint density at radius 3 is 2.61 bits per heavy atom. The summed E-state index contributed by atoms with van der Waals surface area (Å²) in [5.41, 5.74) is 1.20. The molecule has 98 valence electrons. The molecule has 0 radical (unpaired) electrons. The number of hydrogen-bond acceptors (Lipinski definition) is 3. The van der Waals surface area contributed by atoms with Gasteiger partial charge in [-0.25, -0.2) is 4.79 Å². The van der Waals surface area contributed by atoms with Gasteiger partial charge in [0.15, 0.2) is 5.78 Å². The van der Waals surface area contributed by atoms with Gasteiger partial charge in [0, 0.05) is 24.3 Å². The fraction of sp³-hybridized carbons (Fsp3) is 0.385. The molecule has 0 aromatic heterocycles. The molecule has 0 spiro atoms. The number of nitrogens with one attached hydrogen (secondary N) is 2. The Kier molecular flexibility index (Phi) is 5.32. The van der Waals surface area contributed by atoms with Crippen LogP contribution in [-0.4, -0.2) is 43.9 Å². The van der Waals surface area contributed by atoms with Gasteiger partial charge in [-0.05, 0) is 33.2 Å². The van der Waals surface area contributed by atoms with Gasteiger partial charge in [0.1, 0.15) is 0 Å². The van der Waals surface area contributed by atoms with Gasteiger partial charge < -0.3 is 15.5 Å². The quantitative estimate of drug-likeness (QED) is 0.779. The van der Waals surface area contributed by atoms with Gasteiger partial charge in [0.2, 0.25) is 0 Å². The Balaban J connectivity index is 2.49. The average Bonchev–Trinajstić information content (AvgIpc) is 2.28. The van der Waals surface area contributed by atoms with Crippen LogP contribution in [0.3, 0.4) is 0 Å². The van der Waals surface area contributed by atoms with Crippen molar-refractivity contribution in [2.45, 2.75) is 6.92 Å². The molecule has 1 aromatic carbocycles. The van der Waals surface area contributed by atoms with Gasteiger partial charge in [-0.15, -0.1) is 0 Å². The number of ketones is 1. The molecule has 18 heavy (non-hydrogen) atoms. The van der Waals surface area contributed by atoms with Gasteiger partial charge in [0.25, 0.3) is 0 Å². The highest BCUT2D eigenvalue weighted by atomic mass is 16.2. The van der Waals surface area contributed by atoms with Crippen LogP contribution < -0.4 is 10.6 Å². The zero-order valence-corrected chi connectivity index (χ0v) is 11.0. The molecule has 0 aliphatic heterocycles. The number of benzene rings is 1. The Morgan fingerprint density at radius 2 is 2.00 bits per heavy atom. The van der Waals surface area contributed by atoms with Crippen LogP contribution in [0.5, 0.6) is 0 Å². The number of amides is 2. The Bertz CT molecular complexity index is 430. The lowest BCUT2D eigenvalue weighted by Crippen LogP contribution is -2.34.